The lowest BCUT2D eigenvalue weighted by atomic mass is 9.89. The molecule has 1 N–H and O–H groups in total. The van der Waals surface area contributed by atoms with Crippen LogP contribution >= 0.6 is 0 Å². The Hall–Kier alpha value is -2.46. The lowest BCUT2D eigenvalue weighted by Crippen LogP contribution is -2.42. The number of nitrogens with zero attached hydrogens (tertiary/aromatic N) is 1. The van der Waals surface area contributed by atoms with E-state index < -0.39 is 0 Å². The number of aryl methyl sites for hydroxylation is 1. The zero-order chi connectivity index (χ0) is 18.4. The highest BCUT2D eigenvalue weighted by Gasteiger charge is 2.26. The van der Waals surface area contributed by atoms with Crippen LogP contribution in [0.15, 0.2) is 54.6 Å². The van der Waals surface area contributed by atoms with Crippen molar-refractivity contribution in [3.63, 3.8) is 0 Å². The van der Waals surface area contributed by atoms with Gasteiger partial charge in [-0.25, -0.2) is 0 Å². The van der Waals surface area contributed by atoms with Crippen LogP contribution in [0.4, 0.5) is 0 Å². The molecule has 4 nitrogen and oxygen atoms in total. The highest BCUT2D eigenvalue weighted by atomic mass is 16.2. The quantitative estimate of drug-likeness (QED) is 0.814. The Morgan fingerprint density at radius 1 is 1.00 bits per heavy atom. The van der Waals surface area contributed by atoms with Gasteiger partial charge in [0.25, 0.3) is 0 Å². The number of ketones is 1. The number of hydrogen-bond acceptors (Lipinski definition) is 3. The lowest BCUT2D eigenvalue weighted by Gasteiger charge is -2.30. The van der Waals surface area contributed by atoms with Crippen molar-refractivity contribution < 1.29 is 9.59 Å². The molecule has 1 saturated heterocycles. The predicted molar refractivity (Wildman–Crippen MR) is 103 cm³/mol. The fraction of sp³-hybridized carbons (Fsp3) is 0.364. The number of rotatable bonds is 6. The van der Waals surface area contributed by atoms with Crippen LogP contribution in [0.3, 0.4) is 0 Å². The van der Waals surface area contributed by atoms with E-state index >= 15 is 0 Å². The molecule has 1 fully saturated rings. The van der Waals surface area contributed by atoms with Crippen LogP contribution in [0, 0.1) is 12.8 Å². The molecule has 0 aromatic heterocycles. The van der Waals surface area contributed by atoms with Crippen molar-refractivity contribution in [1.29, 1.82) is 0 Å². The molecular formula is C22H26N2O2. The van der Waals surface area contributed by atoms with Crippen molar-refractivity contribution >= 4 is 11.7 Å². The molecule has 1 aliphatic rings. The van der Waals surface area contributed by atoms with Crippen LogP contribution < -0.4 is 5.32 Å². The Morgan fingerprint density at radius 3 is 2.35 bits per heavy atom. The summed E-state index contributed by atoms with van der Waals surface area (Å²) < 4.78 is 0. The van der Waals surface area contributed by atoms with Gasteiger partial charge in [-0.05, 0) is 44.0 Å². The molecule has 0 bridgehead atoms. The van der Waals surface area contributed by atoms with Gasteiger partial charge in [0, 0.05) is 18.0 Å². The molecule has 4 heteroatoms. The van der Waals surface area contributed by atoms with E-state index in [1.165, 1.54) is 5.56 Å². The third-order valence-electron chi connectivity index (χ3n) is 5.12. The zero-order valence-corrected chi connectivity index (χ0v) is 15.3. The van der Waals surface area contributed by atoms with E-state index in [2.05, 4.69) is 23.2 Å². The van der Waals surface area contributed by atoms with E-state index in [-0.39, 0.29) is 17.6 Å². The minimum Gasteiger partial charge on any atom is -0.351 e. The molecule has 0 saturated carbocycles. The van der Waals surface area contributed by atoms with Crippen molar-refractivity contribution in [2.75, 3.05) is 19.6 Å². The van der Waals surface area contributed by atoms with Gasteiger partial charge < -0.3 is 5.32 Å². The average molecular weight is 350 g/mol. The molecule has 0 radical (unpaired) electrons. The van der Waals surface area contributed by atoms with Crippen molar-refractivity contribution in [2.45, 2.75) is 26.3 Å². The molecule has 136 valence electrons. The Labute approximate surface area is 155 Å². The second-order valence-electron chi connectivity index (χ2n) is 6.98. The molecule has 3 rings (SSSR count). The number of nitrogens with one attached hydrogen (secondary N) is 1. The number of piperidine rings is 1. The van der Waals surface area contributed by atoms with Crippen LogP contribution in [-0.2, 0) is 11.3 Å². The highest BCUT2D eigenvalue weighted by Crippen LogP contribution is 2.21. The van der Waals surface area contributed by atoms with E-state index in [9.17, 15) is 9.59 Å². The molecule has 26 heavy (non-hydrogen) atoms. The van der Waals surface area contributed by atoms with Crippen molar-refractivity contribution in [2.24, 2.45) is 5.92 Å². The second kappa shape index (κ2) is 8.77. The normalized spacial score (nSPS) is 15.6. The largest absolute Gasteiger partial charge is 0.351 e. The SMILES string of the molecule is Cc1ccccc1CNC(=O)CN1CCC(C(=O)c2ccccc2)CC1. The first-order valence-corrected chi connectivity index (χ1v) is 9.26. The van der Waals surface area contributed by atoms with Gasteiger partial charge in [-0.2, -0.15) is 0 Å². The van der Waals surface area contributed by atoms with E-state index in [1.807, 2.05) is 48.5 Å². The summed E-state index contributed by atoms with van der Waals surface area (Å²) in [5.74, 6) is 0.346. The van der Waals surface area contributed by atoms with E-state index in [0.717, 1.165) is 37.1 Å². The van der Waals surface area contributed by atoms with E-state index in [0.29, 0.717) is 13.1 Å². The van der Waals surface area contributed by atoms with Crippen molar-refractivity contribution in [3.8, 4) is 0 Å². The predicted octanol–water partition coefficient (Wildman–Crippen LogP) is 3.21. The Kier molecular flexibility index (Phi) is 6.18. The maximum atomic E-state index is 12.5. The number of carbonyl (C=O) groups is 2. The molecular weight excluding hydrogens is 324 g/mol. The summed E-state index contributed by atoms with van der Waals surface area (Å²) in [7, 11) is 0. The molecule has 0 unspecified atom stereocenters. The van der Waals surface area contributed by atoms with Gasteiger partial charge in [0.05, 0.1) is 6.54 Å². The third kappa shape index (κ3) is 4.79. The maximum Gasteiger partial charge on any atom is 0.234 e. The average Bonchev–Trinajstić information content (AvgIpc) is 2.68. The van der Waals surface area contributed by atoms with Gasteiger partial charge in [0.2, 0.25) is 5.91 Å². The first kappa shape index (κ1) is 18.3. The first-order valence-electron chi connectivity index (χ1n) is 9.26. The van der Waals surface area contributed by atoms with Crippen molar-refractivity contribution in [1.82, 2.24) is 10.2 Å². The minimum absolute atomic E-state index is 0.0427. The molecule has 0 spiro atoms. The second-order valence-corrected chi connectivity index (χ2v) is 6.98. The number of likely N-dealkylation sites (tertiary alicyclic amines) is 1. The number of amides is 1. The van der Waals surface area contributed by atoms with Crippen LogP contribution in [0.2, 0.25) is 0 Å². The summed E-state index contributed by atoms with van der Waals surface area (Å²) in [6, 6.07) is 17.6. The number of benzene rings is 2. The smallest absolute Gasteiger partial charge is 0.234 e. The van der Waals surface area contributed by atoms with Gasteiger partial charge in [-0.1, -0.05) is 54.6 Å². The topological polar surface area (TPSA) is 49.4 Å². The molecule has 0 atom stereocenters. The van der Waals surface area contributed by atoms with Crippen LogP contribution in [0.1, 0.15) is 34.3 Å². The molecule has 2 aromatic carbocycles. The number of carbonyl (C=O) groups excluding carboxylic acids is 2. The molecule has 1 heterocycles. The Morgan fingerprint density at radius 2 is 1.65 bits per heavy atom. The summed E-state index contributed by atoms with van der Waals surface area (Å²) >= 11 is 0. The van der Waals surface area contributed by atoms with Gasteiger partial charge in [0.1, 0.15) is 0 Å². The lowest BCUT2D eigenvalue weighted by molar-refractivity contribution is -0.122. The van der Waals surface area contributed by atoms with Gasteiger partial charge in [-0.3, -0.25) is 14.5 Å². The third-order valence-corrected chi connectivity index (χ3v) is 5.12. The van der Waals surface area contributed by atoms with Gasteiger partial charge >= 0.3 is 0 Å². The van der Waals surface area contributed by atoms with Gasteiger partial charge in [-0.15, -0.1) is 0 Å². The zero-order valence-electron chi connectivity index (χ0n) is 15.3. The molecule has 2 aromatic rings. The first-order chi connectivity index (χ1) is 12.6. The molecule has 0 aliphatic carbocycles. The standard InChI is InChI=1S/C22H26N2O2/c1-17-7-5-6-10-20(17)15-23-21(25)16-24-13-11-19(12-14-24)22(26)18-8-3-2-4-9-18/h2-10,19H,11-16H2,1H3,(H,23,25). The summed E-state index contributed by atoms with van der Waals surface area (Å²) in [6.45, 7) is 4.60. The van der Waals surface area contributed by atoms with Gasteiger partial charge in [0.15, 0.2) is 5.78 Å². The summed E-state index contributed by atoms with van der Waals surface area (Å²) in [6.07, 6.45) is 1.64. The summed E-state index contributed by atoms with van der Waals surface area (Å²) in [5.41, 5.74) is 3.13. The maximum absolute atomic E-state index is 12.5. The van der Waals surface area contributed by atoms with E-state index in [4.69, 9.17) is 0 Å². The van der Waals surface area contributed by atoms with Crippen LogP contribution in [0.25, 0.3) is 0 Å². The van der Waals surface area contributed by atoms with Crippen LogP contribution in [-0.4, -0.2) is 36.2 Å². The Bertz CT molecular complexity index is 750. The van der Waals surface area contributed by atoms with Crippen LogP contribution in [0.5, 0.6) is 0 Å². The monoisotopic (exact) mass is 350 g/mol. The number of hydrogen-bond donors (Lipinski definition) is 1. The summed E-state index contributed by atoms with van der Waals surface area (Å²) in [4.78, 5) is 26.9. The summed E-state index contributed by atoms with van der Waals surface area (Å²) in [5, 5.41) is 3.00. The molecule has 1 amide bonds. The fourth-order valence-corrected chi connectivity index (χ4v) is 3.45. The minimum atomic E-state index is 0.0427. The van der Waals surface area contributed by atoms with Crippen molar-refractivity contribution in [3.05, 3.63) is 71.3 Å². The number of Topliss-reactive ketones (excluding diaryl/α,β-unsaturated/α-hetero) is 1. The highest BCUT2D eigenvalue weighted by molar-refractivity contribution is 5.97. The van der Waals surface area contributed by atoms with E-state index in [1.54, 1.807) is 0 Å². The fourth-order valence-electron chi connectivity index (χ4n) is 3.45. The Balaban J connectivity index is 1.43. The molecule has 1 aliphatic heterocycles.